The number of hydrogen-bond donors (Lipinski definition) is 3. The van der Waals surface area contributed by atoms with Gasteiger partial charge in [0, 0.05) is 25.2 Å². The number of aromatic nitrogens is 2. The number of nitrogens with two attached hydrogens (primary N) is 1. The summed E-state index contributed by atoms with van der Waals surface area (Å²) in [5.74, 6) is -1.64. The van der Waals surface area contributed by atoms with Gasteiger partial charge in [0.1, 0.15) is 16.6 Å². The normalized spacial score (nSPS) is 20.4. The predicted octanol–water partition coefficient (Wildman–Crippen LogP) is 0.415. The fourth-order valence-electron chi connectivity index (χ4n) is 3.57. The molecule has 0 bridgehead atoms. The number of nitrogens with one attached hydrogen (secondary N) is 1. The van der Waals surface area contributed by atoms with E-state index in [-0.39, 0.29) is 34.4 Å². The number of H-pyrrole nitrogens is 1. The van der Waals surface area contributed by atoms with Crippen molar-refractivity contribution >= 4 is 16.6 Å². The summed E-state index contributed by atoms with van der Waals surface area (Å²) in [6.45, 7) is 0.894. The minimum atomic E-state index is -0.940. The second-order valence-corrected chi connectivity index (χ2v) is 6.62. The number of hydrogen-bond acceptors (Lipinski definition) is 6. The van der Waals surface area contributed by atoms with Crippen LogP contribution in [0.25, 0.3) is 10.9 Å². The zero-order valence-electron chi connectivity index (χ0n) is 13.7. The molecule has 9 heteroatoms. The van der Waals surface area contributed by atoms with Crippen molar-refractivity contribution < 1.29 is 14.2 Å². The van der Waals surface area contributed by atoms with E-state index in [4.69, 9.17) is 10.5 Å². The van der Waals surface area contributed by atoms with Crippen molar-refractivity contribution in [2.45, 2.75) is 31.3 Å². The SMILES string of the molecule is COc1c(N2CCC(N)C2)c(F)c(O)c2c(=O)[nH]c(=O)n(C3CC3)c12. The van der Waals surface area contributed by atoms with E-state index in [1.807, 2.05) is 0 Å². The van der Waals surface area contributed by atoms with Crippen LogP contribution in [0.5, 0.6) is 11.5 Å². The number of rotatable bonds is 3. The van der Waals surface area contributed by atoms with Gasteiger partial charge in [-0.2, -0.15) is 0 Å². The Kier molecular flexibility index (Phi) is 3.50. The first-order chi connectivity index (χ1) is 11.9. The average molecular weight is 350 g/mol. The molecule has 1 saturated carbocycles. The molecule has 2 aliphatic rings. The number of aromatic hydroxyl groups is 1. The molecule has 4 N–H and O–H groups in total. The fraction of sp³-hybridized carbons (Fsp3) is 0.500. The Morgan fingerprint density at radius 3 is 2.60 bits per heavy atom. The number of aromatic amines is 1. The third kappa shape index (κ3) is 2.30. The van der Waals surface area contributed by atoms with Gasteiger partial charge in [-0.25, -0.2) is 9.18 Å². The molecular formula is C16H19FN4O4. The highest BCUT2D eigenvalue weighted by atomic mass is 19.1. The maximum absolute atomic E-state index is 14.9. The number of phenolic OH excluding ortho intramolecular Hbond substituents is 1. The van der Waals surface area contributed by atoms with Crippen molar-refractivity contribution in [3.8, 4) is 11.5 Å². The largest absolute Gasteiger partial charge is 0.504 e. The van der Waals surface area contributed by atoms with Crippen LogP contribution >= 0.6 is 0 Å². The first-order valence-corrected chi connectivity index (χ1v) is 8.21. The lowest BCUT2D eigenvalue weighted by Gasteiger charge is -2.24. The van der Waals surface area contributed by atoms with Crippen LogP contribution < -0.4 is 26.6 Å². The topological polar surface area (TPSA) is 114 Å². The monoisotopic (exact) mass is 350 g/mol. The summed E-state index contributed by atoms with van der Waals surface area (Å²) in [5, 5.41) is 10.1. The Morgan fingerprint density at radius 2 is 2.04 bits per heavy atom. The van der Waals surface area contributed by atoms with Gasteiger partial charge in [0.25, 0.3) is 5.56 Å². The lowest BCUT2D eigenvalue weighted by Crippen LogP contribution is -2.31. The second kappa shape index (κ2) is 5.48. The number of anilines is 1. The Morgan fingerprint density at radius 1 is 1.32 bits per heavy atom. The molecule has 0 amide bonds. The molecule has 1 saturated heterocycles. The van der Waals surface area contributed by atoms with Crippen LogP contribution in [0, 0.1) is 5.82 Å². The van der Waals surface area contributed by atoms with E-state index >= 15 is 0 Å². The van der Waals surface area contributed by atoms with Gasteiger partial charge in [0.15, 0.2) is 17.3 Å². The van der Waals surface area contributed by atoms with Gasteiger partial charge in [-0.3, -0.25) is 14.3 Å². The van der Waals surface area contributed by atoms with Crippen LogP contribution in [-0.4, -0.2) is 40.9 Å². The number of fused-ring (bicyclic) bond motifs is 1. The molecule has 4 rings (SSSR count). The summed E-state index contributed by atoms with van der Waals surface area (Å²) in [4.78, 5) is 28.4. The Labute approximate surface area is 141 Å². The van der Waals surface area contributed by atoms with Gasteiger partial charge < -0.3 is 20.5 Å². The van der Waals surface area contributed by atoms with E-state index in [9.17, 15) is 19.1 Å². The predicted molar refractivity (Wildman–Crippen MR) is 90.1 cm³/mol. The molecule has 1 aliphatic heterocycles. The van der Waals surface area contributed by atoms with Gasteiger partial charge in [-0.1, -0.05) is 0 Å². The highest BCUT2D eigenvalue weighted by Crippen LogP contribution is 2.46. The molecule has 2 fully saturated rings. The molecule has 1 aromatic carbocycles. The Bertz CT molecular complexity index is 979. The summed E-state index contributed by atoms with van der Waals surface area (Å²) in [6.07, 6.45) is 2.21. The molecule has 2 aromatic rings. The van der Waals surface area contributed by atoms with Gasteiger partial charge in [0.2, 0.25) is 0 Å². The standard InChI is InChI=1S/C16H19FN4O4/c1-25-14-11-9(15(23)19-16(24)21(11)8-2-3-8)13(22)10(17)12(14)20-5-4-7(18)6-20/h7-8,22H,2-6,18H2,1H3,(H,19,23,24). The zero-order valence-corrected chi connectivity index (χ0v) is 13.7. The molecule has 1 unspecified atom stereocenters. The molecule has 1 aromatic heterocycles. The molecule has 1 atom stereocenters. The van der Waals surface area contributed by atoms with E-state index in [0.29, 0.717) is 19.5 Å². The minimum Gasteiger partial charge on any atom is -0.504 e. The fourth-order valence-corrected chi connectivity index (χ4v) is 3.57. The average Bonchev–Trinajstić information content (AvgIpc) is 3.30. The molecular weight excluding hydrogens is 331 g/mol. The summed E-state index contributed by atoms with van der Waals surface area (Å²) >= 11 is 0. The molecule has 0 spiro atoms. The summed E-state index contributed by atoms with van der Waals surface area (Å²) < 4.78 is 21.7. The van der Waals surface area contributed by atoms with Crippen LogP contribution in [0.4, 0.5) is 10.1 Å². The van der Waals surface area contributed by atoms with Crippen molar-refractivity contribution in [3.63, 3.8) is 0 Å². The van der Waals surface area contributed by atoms with Gasteiger partial charge in [-0.15, -0.1) is 0 Å². The minimum absolute atomic E-state index is 0.0415. The third-order valence-electron chi connectivity index (χ3n) is 4.88. The molecule has 0 radical (unpaired) electrons. The maximum atomic E-state index is 14.9. The van der Waals surface area contributed by atoms with Crippen molar-refractivity contribution in [2.24, 2.45) is 5.73 Å². The highest BCUT2D eigenvalue weighted by Gasteiger charge is 2.34. The molecule has 8 nitrogen and oxygen atoms in total. The lowest BCUT2D eigenvalue weighted by atomic mass is 10.1. The number of nitrogens with zero attached hydrogens (tertiary/aromatic N) is 2. The number of halogens is 1. The van der Waals surface area contributed by atoms with Crippen molar-refractivity contribution in [1.29, 1.82) is 0 Å². The van der Waals surface area contributed by atoms with Crippen molar-refractivity contribution in [3.05, 3.63) is 26.7 Å². The van der Waals surface area contributed by atoms with Gasteiger partial charge >= 0.3 is 5.69 Å². The van der Waals surface area contributed by atoms with E-state index in [0.717, 1.165) is 12.8 Å². The van der Waals surface area contributed by atoms with Crippen molar-refractivity contribution in [1.82, 2.24) is 9.55 Å². The summed E-state index contributed by atoms with van der Waals surface area (Å²) in [6, 6.07) is -0.217. The van der Waals surface area contributed by atoms with Crippen LogP contribution in [-0.2, 0) is 0 Å². The smallest absolute Gasteiger partial charge is 0.329 e. The summed E-state index contributed by atoms with van der Waals surface area (Å²) in [7, 11) is 1.35. The van der Waals surface area contributed by atoms with E-state index in [2.05, 4.69) is 4.98 Å². The van der Waals surface area contributed by atoms with Crippen LogP contribution in [0.15, 0.2) is 9.59 Å². The molecule has 134 valence electrons. The van der Waals surface area contributed by atoms with E-state index in [1.165, 1.54) is 11.7 Å². The quantitative estimate of drug-likeness (QED) is 0.739. The highest BCUT2D eigenvalue weighted by molar-refractivity contribution is 5.95. The van der Waals surface area contributed by atoms with E-state index in [1.54, 1.807) is 4.90 Å². The van der Waals surface area contributed by atoms with Gasteiger partial charge in [-0.05, 0) is 19.3 Å². The van der Waals surface area contributed by atoms with Crippen molar-refractivity contribution in [2.75, 3.05) is 25.1 Å². The molecule has 2 heterocycles. The number of phenols is 1. The second-order valence-electron chi connectivity index (χ2n) is 6.62. The van der Waals surface area contributed by atoms with Crippen LogP contribution in [0.1, 0.15) is 25.3 Å². The third-order valence-corrected chi connectivity index (χ3v) is 4.88. The molecule has 25 heavy (non-hydrogen) atoms. The Balaban J connectivity index is 2.14. The van der Waals surface area contributed by atoms with Gasteiger partial charge in [0.05, 0.1) is 7.11 Å². The summed E-state index contributed by atoms with van der Waals surface area (Å²) in [5.41, 5.74) is 4.66. The lowest BCUT2D eigenvalue weighted by molar-refractivity contribution is 0.403. The van der Waals surface area contributed by atoms with Crippen LogP contribution in [0.3, 0.4) is 0 Å². The van der Waals surface area contributed by atoms with E-state index < -0.39 is 22.8 Å². The number of benzene rings is 1. The number of methoxy groups -OCH3 is 1. The number of ether oxygens (including phenoxy) is 1. The zero-order chi connectivity index (χ0) is 17.9. The molecule has 1 aliphatic carbocycles. The Hall–Kier alpha value is -2.55. The maximum Gasteiger partial charge on any atom is 0.329 e. The van der Waals surface area contributed by atoms with Crippen LogP contribution in [0.2, 0.25) is 0 Å². The first kappa shape index (κ1) is 15.9. The first-order valence-electron chi connectivity index (χ1n) is 8.21.